The zero-order valence-electron chi connectivity index (χ0n) is 34.0. The van der Waals surface area contributed by atoms with Crippen LogP contribution in [0.25, 0.3) is 5.69 Å². The van der Waals surface area contributed by atoms with E-state index in [0.717, 1.165) is 55.4 Å². The highest BCUT2D eigenvalue weighted by Gasteiger charge is 2.45. The number of hydrogen-bond donors (Lipinski definition) is 1. The summed E-state index contributed by atoms with van der Waals surface area (Å²) in [4.78, 5) is 35.2. The first-order chi connectivity index (χ1) is 29.5. The third kappa shape index (κ3) is 9.89. The molecule has 3 atom stereocenters. The van der Waals surface area contributed by atoms with Crippen molar-refractivity contribution in [1.29, 1.82) is 0 Å². The van der Waals surface area contributed by atoms with Crippen molar-refractivity contribution in [1.82, 2.24) is 38.7 Å². The van der Waals surface area contributed by atoms with Crippen LogP contribution in [0.4, 0.5) is 17.2 Å². The number of piperazine rings is 1. The second kappa shape index (κ2) is 19.3. The van der Waals surface area contributed by atoms with Gasteiger partial charge in [-0.15, -0.1) is 0 Å². The van der Waals surface area contributed by atoms with Crippen molar-refractivity contribution >= 4 is 40.4 Å². The van der Waals surface area contributed by atoms with E-state index in [2.05, 4.69) is 54.2 Å². The molecule has 0 aliphatic carbocycles. The summed E-state index contributed by atoms with van der Waals surface area (Å²) in [7, 11) is 0. The molecule has 18 nitrogen and oxygen atoms in total. The van der Waals surface area contributed by atoms with Gasteiger partial charge in [0, 0.05) is 55.1 Å². The Morgan fingerprint density at radius 1 is 0.984 bits per heavy atom. The predicted molar refractivity (Wildman–Crippen MR) is 229 cm³/mol. The Labute approximate surface area is 361 Å². The summed E-state index contributed by atoms with van der Waals surface area (Å²) >= 11 is 12.7. The minimum absolute atomic E-state index is 0.0645. The van der Waals surface area contributed by atoms with Gasteiger partial charge in [-0.05, 0) is 78.9 Å². The van der Waals surface area contributed by atoms with Crippen molar-refractivity contribution in [2.45, 2.75) is 58.2 Å². The number of halogens is 2. The molecule has 2 aliphatic heterocycles. The fraction of sp³-hybridized carbons (Fsp3) is 0.390. The summed E-state index contributed by atoms with van der Waals surface area (Å²) in [5.74, 6) is 0.0456. The molecule has 61 heavy (non-hydrogen) atoms. The third-order valence-electron chi connectivity index (χ3n) is 10.7. The third-order valence-corrected chi connectivity index (χ3v) is 11.2. The van der Waals surface area contributed by atoms with E-state index in [-0.39, 0.29) is 43.3 Å². The number of rotatable bonds is 14. The molecule has 2 aliphatic rings. The minimum Gasteiger partial charge on any atom is -0.491 e. The quantitative estimate of drug-likeness (QED) is 0.104. The molecule has 2 saturated heterocycles. The van der Waals surface area contributed by atoms with Crippen LogP contribution in [-0.2, 0) is 28.4 Å². The number of anilines is 2. The molecule has 8 rings (SSSR count). The van der Waals surface area contributed by atoms with Crippen LogP contribution in [0.15, 0.2) is 96.7 Å². The summed E-state index contributed by atoms with van der Waals surface area (Å²) in [5.41, 5.74) is 3.64. The largest absolute Gasteiger partial charge is 0.491 e. The highest BCUT2D eigenvalue weighted by Crippen LogP contribution is 2.40. The van der Waals surface area contributed by atoms with E-state index in [0.29, 0.717) is 34.6 Å². The smallest absolute Gasteiger partial charge is 0.350 e. The van der Waals surface area contributed by atoms with Crippen molar-refractivity contribution in [3.05, 3.63) is 134 Å². The summed E-state index contributed by atoms with van der Waals surface area (Å²) in [6.07, 6.45) is 6.37. The lowest BCUT2D eigenvalue weighted by atomic mass is 10.1. The van der Waals surface area contributed by atoms with Crippen LogP contribution in [0.3, 0.4) is 0 Å². The molecular formula is C41H47Cl2N11O7. The Bertz CT molecular complexity index is 2430. The SMILES string of the molecule is CCC(C)n1ncn(-c2ccc(N3CCN(c4ccc(OC[C@H]5CO[C@](Cn6cncn6)(c6ccc(Cl)cc6Cl)O5)cc4)CC3)cc2)c1=O.Cc1ncc([N+](=O)[O-])n1CCO. The number of hydrogen-bond acceptors (Lipinski definition) is 13. The van der Waals surface area contributed by atoms with E-state index in [1.165, 1.54) is 21.8 Å². The molecule has 322 valence electrons. The van der Waals surface area contributed by atoms with Crippen LogP contribution in [0.2, 0.25) is 10.0 Å². The average molecular weight is 877 g/mol. The number of nitro groups is 1. The van der Waals surface area contributed by atoms with Crippen molar-refractivity contribution in [2.24, 2.45) is 0 Å². The monoisotopic (exact) mass is 875 g/mol. The van der Waals surface area contributed by atoms with E-state index in [4.69, 9.17) is 42.5 Å². The maximum atomic E-state index is 12.8. The molecule has 0 spiro atoms. The van der Waals surface area contributed by atoms with Crippen LogP contribution in [0, 0.1) is 17.0 Å². The summed E-state index contributed by atoms with van der Waals surface area (Å²) < 4.78 is 25.0. The van der Waals surface area contributed by atoms with E-state index in [1.807, 2.05) is 44.2 Å². The highest BCUT2D eigenvalue weighted by atomic mass is 35.5. The molecule has 5 heterocycles. The maximum Gasteiger partial charge on any atom is 0.350 e. The normalized spacial score (nSPS) is 18.2. The molecular weight excluding hydrogens is 829 g/mol. The molecule has 0 amide bonds. The minimum atomic E-state index is -1.16. The van der Waals surface area contributed by atoms with E-state index in [1.54, 1.807) is 41.0 Å². The number of nitrogens with zero attached hydrogens (tertiary/aromatic N) is 11. The van der Waals surface area contributed by atoms with Gasteiger partial charge in [0.2, 0.25) is 5.79 Å². The van der Waals surface area contributed by atoms with Gasteiger partial charge in [-0.2, -0.15) is 10.2 Å². The number of aliphatic hydroxyl groups is 1. The van der Waals surface area contributed by atoms with E-state index >= 15 is 0 Å². The van der Waals surface area contributed by atoms with Crippen LogP contribution < -0.4 is 20.2 Å². The molecule has 20 heteroatoms. The number of aromatic nitrogens is 8. The number of aliphatic hydroxyl groups excluding tert-OH is 1. The lowest BCUT2D eigenvalue weighted by Crippen LogP contribution is -2.46. The number of ether oxygens (including phenoxy) is 3. The highest BCUT2D eigenvalue weighted by molar-refractivity contribution is 6.35. The van der Waals surface area contributed by atoms with Gasteiger partial charge in [0.05, 0.1) is 30.0 Å². The van der Waals surface area contributed by atoms with Crippen LogP contribution >= 0.6 is 23.2 Å². The Balaban J connectivity index is 0.000000404. The van der Waals surface area contributed by atoms with Crippen molar-refractivity contribution in [2.75, 3.05) is 55.8 Å². The zero-order chi connectivity index (χ0) is 43.1. The van der Waals surface area contributed by atoms with Crippen LogP contribution in [0.5, 0.6) is 5.75 Å². The fourth-order valence-electron chi connectivity index (χ4n) is 7.22. The number of aryl methyl sites for hydroxylation is 1. The molecule has 1 unspecified atom stereocenters. The number of imidazole rings is 1. The molecule has 0 saturated carbocycles. The Morgan fingerprint density at radius 2 is 1.66 bits per heavy atom. The Kier molecular flexibility index (Phi) is 13.7. The van der Waals surface area contributed by atoms with Gasteiger partial charge in [0.25, 0.3) is 0 Å². The average Bonchev–Trinajstić information content (AvgIpc) is 4.09. The first-order valence-electron chi connectivity index (χ1n) is 19.8. The summed E-state index contributed by atoms with van der Waals surface area (Å²) in [6, 6.07) is 21.6. The Hall–Kier alpha value is -5.79. The zero-order valence-corrected chi connectivity index (χ0v) is 35.5. The topological polar surface area (TPSA) is 186 Å². The van der Waals surface area contributed by atoms with E-state index < -0.39 is 10.7 Å². The molecule has 1 N–H and O–H groups in total. The lowest BCUT2D eigenvalue weighted by Gasteiger charge is -2.37. The molecule has 2 fully saturated rings. The van der Waals surface area contributed by atoms with E-state index in [9.17, 15) is 14.9 Å². The van der Waals surface area contributed by atoms with Gasteiger partial charge in [0.15, 0.2) is 5.82 Å². The van der Waals surface area contributed by atoms with Crippen LogP contribution in [0.1, 0.15) is 37.7 Å². The van der Waals surface area contributed by atoms with Crippen molar-refractivity contribution in [3.8, 4) is 11.4 Å². The second-order valence-corrected chi connectivity index (χ2v) is 15.4. The Morgan fingerprint density at radius 3 is 2.26 bits per heavy atom. The van der Waals surface area contributed by atoms with Gasteiger partial charge in [-0.25, -0.2) is 33.3 Å². The van der Waals surface area contributed by atoms with Gasteiger partial charge < -0.3 is 39.2 Å². The van der Waals surface area contributed by atoms with Crippen molar-refractivity contribution < 1.29 is 24.2 Å². The molecule has 0 radical (unpaired) electrons. The summed E-state index contributed by atoms with van der Waals surface area (Å²) in [5, 5.41) is 28.5. The van der Waals surface area contributed by atoms with Gasteiger partial charge in [-0.1, -0.05) is 36.2 Å². The predicted octanol–water partition coefficient (Wildman–Crippen LogP) is 5.67. The molecule has 6 aromatic rings. The van der Waals surface area contributed by atoms with Crippen LogP contribution in [-0.4, -0.2) is 101 Å². The lowest BCUT2D eigenvalue weighted by molar-refractivity contribution is -0.392. The standard InChI is InChI=1S/C35H38Cl2N8O4.C6H9N3O3/c1-3-25(2)45-34(46)44(24-40-45)29-7-5-27(6-8-29)41-14-16-42(17-15-41)28-9-11-30(12-10-28)47-19-31-20-48-35(49-31,21-43-23-38-22-39-43)32-13-4-26(36)18-33(32)37;1-5-7-4-6(9(11)12)8(5)2-3-10/h4-13,18,22-25,31H,3,14-17,19-21H2,1-2H3;4,10H,2-3H2,1H3/t25?,31-,35-;/m0./s1. The van der Waals surface area contributed by atoms with Crippen molar-refractivity contribution in [3.63, 3.8) is 0 Å². The molecule has 3 aromatic carbocycles. The summed E-state index contributed by atoms with van der Waals surface area (Å²) in [6.45, 7) is 10.2. The van der Waals surface area contributed by atoms with Gasteiger partial charge >= 0.3 is 11.5 Å². The molecule has 0 bridgehead atoms. The molecule has 3 aromatic heterocycles. The van der Waals surface area contributed by atoms with Gasteiger partial charge in [0.1, 0.15) is 56.7 Å². The maximum absolute atomic E-state index is 12.8. The first kappa shape index (κ1) is 43.3. The first-order valence-corrected chi connectivity index (χ1v) is 20.6. The fourth-order valence-corrected chi connectivity index (χ4v) is 7.77. The second-order valence-electron chi connectivity index (χ2n) is 14.6. The number of benzene rings is 3. The van der Waals surface area contributed by atoms with Gasteiger partial charge in [-0.3, -0.25) is 0 Å².